The zero-order valence-electron chi connectivity index (χ0n) is 16.0. The van der Waals surface area contributed by atoms with Crippen molar-refractivity contribution >= 4 is 5.92 Å². The Balaban J connectivity index is 1.73. The molecule has 0 nitrogen and oxygen atoms in total. The third kappa shape index (κ3) is 2.90. The zero-order chi connectivity index (χ0) is 16.8. The monoisotopic (exact) mass is 415 g/mol. The van der Waals surface area contributed by atoms with Gasteiger partial charge in [-0.2, -0.15) is 0 Å². The molecule has 0 aromatic heterocycles. The van der Waals surface area contributed by atoms with Gasteiger partial charge in [-0.25, -0.2) is 0 Å². The first-order valence-electron chi connectivity index (χ1n) is 10.2. The molecule has 24 heavy (non-hydrogen) atoms. The molecule has 4 aliphatic rings. The summed E-state index contributed by atoms with van der Waals surface area (Å²) in [7, 11) is 0. The summed E-state index contributed by atoms with van der Waals surface area (Å²) in [6, 6.07) is 0. The van der Waals surface area contributed by atoms with Gasteiger partial charge in [0.2, 0.25) is 0 Å². The minimum atomic E-state index is -1.55. The number of rotatable bonds is 3. The zero-order valence-corrected chi connectivity index (χ0v) is 19.7. The van der Waals surface area contributed by atoms with Crippen LogP contribution in [0.25, 0.3) is 0 Å². The van der Waals surface area contributed by atoms with Crippen LogP contribution in [0.4, 0.5) is 0 Å². The predicted octanol–water partition coefficient (Wildman–Crippen LogP) is 6.83. The fourth-order valence-corrected chi connectivity index (χ4v) is 30.0. The van der Waals surface area contributed by atoms with Crippen LogP contribution in [-0.2, 0) is 20.9 Å². The topological polar surface area (TPSA) is 0 Å². The van der Waals surface area contributed by atoms with E-state index in [4.69, 9.17) is 0 Å². The summed E-state index contributed by atoms with van der Waals surface area (Å²) in [5.74, 6) is -0.555. The van der Waals surface area contributed by atoms with E-state index < -0.39 is 26.8 Å². The van der Waals surface area contributed by atoms with Crippen LogP contribution in [0.3, 0.4) is 0 Å². The van der Waals surface area contributed by atoms with Crippen LogP contribution in [0, 0.1) is 0 Å². The van der Waals surface area contributed by atoms with Crippen molar-refractivity contribution in [3.8, 4) is 0 Å². The molecule has 0 N–H and O–H groups in total. The van der Waals surface area contributed by atoms with E-state index >= 15 is 0 Å². The van der Waals surface area contributed by atoms with Crippen LogP contribution in [0.2, 0.25) is 20.3 Å². The molecule has 0 aromatic carbocycles. The van der Waals surface area contributed by atoms with Gasteiger partial charge < -0.3 is 0 Å². The van der Waals surface area contributed by atoms with Gasteiger partial charge in [0, 0.05) is 0 Å². The van der Waals surface area contributed by atoms with E-state index in [1.165, 1.54) is 51.4 Å². The van der Waals surface area contributed by atoms with Gasteiger partial charge in [0.15, 0.2) is 0 Å². The Bertz CT molecular complexity index is 607. The molecule has 0 aliphatic heterocycles. The maximum absolute atomic E-state index is 2.71. The summed E-state index contributed by atoms with van der Waals surface area (Å²) in [5.41, 5.74) is 11.0. The summed E-state index contributed by atoms with van der Waals surface area (Å²) in [6.07, 6.45) is 16.7. The van der Waals surface area contributed by atoms with E-state index in [9.17, 15) is 0 Å². The fraction of sp³-hybridized carbons (Fsp3) is 0.636. The molecular formula is C22H33SiZr. The maximum atomic E-state index is 2.71. The fourth-order valence-electron chi connectivity index (χ4n) is 5.92. The second kappa shape index (κ2) is 6.99. The van der Waals surface area contributed by atoms with Gasteiger partial charge in [-0.05, 0) is 0 Å². The Kier molecular flexibility index (Phi) is 5.09. The number of allylic oxidation sites excluding steroid dienone is 8. The van der Waals surface area contributed by atoms with E-state index in [-0.39, 0.29) is 0 Å². The van der Waals surface area contributed by atoms with Crippen LogP contribution in [0.15, 0.2) is 45.6 Å². The molecule has 0 heterocycles. The van der Waals surface area contributed by atoms with Crippen molar-refractivity contribution in [2.45, 2.75) is 85.6 Å². The Hall–Kier alpha value is 0.0600. The first-order valence-corrected chi connectivity index (χ1v) is 20.2. The molecule has 2 heteroatoms. The van der Waals surface area contributed by atoms with Gasteiger partial charge in [0.25, 0.3) is 0 Å². The summed E-state index contributed by atoms with van der Waals surface area (Å²) in [6.45, 7) is 10.4. The quantitative estimate of drug-likeness (QED) is 0.442. The van der Waals surface area contributed by atoms with Crippen molar-refractivity contribution in [2.75, 3.05) is 0 Å². The van der Waals surface area contributed by atoms with Gasteiger partial charge in [-0.3, -0.25) is 0 Å². The second-order valence-corrected chi connectivity index (χ2v) is 28.9. The molecule has 0 saturated heterocycles. The molecule has 0 bridgehead atoms. The van der Waals surface area contributed by atoms with E-state index in [0.29, 0.717) is 0 Å². The van der Waals surface area contributed by atoms with Crippen LogP contribution in [0.5, 0.6) is 0 Å². The second-order valence-electron chi connectivity index (χ2n) is 8.81. The molecular weight excluding hydrogens is 384 g/mol. The first kappa shape index (κ1) is 17.5. The molecule has 2 unspecified atom stereocenters. The van der Waals surface area contributed by atoms with Crippen molar-refractivity contribution < 1.29 is 20.9 Å². The summed E-state index contributed by atoms with van der Waals surface area (Å²) < 4.78 is 1.97. The molecule has 0 saturated carbocycles. The average Bonchev–Trinajstić information content (AvgIpc) is 3.05. The normalized spacial score (nSPS) is 29.7. The van der Waals surface area contributed by atoms with E-state index in [1.54, 1.807) is 22.3 Å². The molecule has 0 amide bonds. The molecule has 4 rings (SSSR count). The van der Waals surface area contributed by atoms with Gasteiger partial charge in [0.05, 0.1) is 0 Å². The summed E-state index contributed by atoms with van der Waals surface area (Å²) in [4.78, 5) is 0. The Labute approximate surface area is 157 Å². The van der Waals surface area contributed by atoms with Crippen molar-refractivity contribution in [1.82, 2.24) is 0 Å². The Morgan fingerprint density at radius 1 is 0.750 bits per heavy atom. The molecule has 2 atom stereocenters. The third-order valence-electron chi connectivity index (χ3n) is 6.85. The van der Waals surface area contributed by atoms with Gasteiger partial charge in [0.1, 0.15) is 0 Å². The van der Waals surface area contributed by atoms with E-state index in [2.05, 4.69) is 39.1 Å². The van der Waals surface area contributed by atoms with Gasteiger partial charge >= 0.3 is 158 Å². The van der Waals surface area contributed by atoms with E-state index in [1.807, 2.05) is 11.1 Å². The van der Waals surface area contributed by atoms with E-state index in [0.717, 1.165) is 7.25 Å². The Morgan fingerprint density at radius 2 is 1.17 bits per heavy atom. The molecule has 4 aliphatic carbocycles. The van der Waals surface area contributed by atoms with Crippen molar-refractivity contribution in [1.29, 1.82) is 0 Å². The summed E-state index contributed by atoms with van der Waals surface area (Å²) >= 11 is -1.55. The van der Waals surface area contributed by atoms with Gasteiger partial charge in [-0.1, -0.05) is 0 Å². The van der Waals surface area contributed by atoms with Crippen molar-refractivity contribution in [3.63, 3.8) is 0 Å². The molecule has 0 aromatic rings. The minimum absolute atomic E-state index is 0.555. The average molecular weight is 417 g/mol. The molecule has 129 valence electrons. The predicted molar refractivity (Wildman–Crippen MR) is 105 cm³/mol. The number of hydrogen-bond acceptors (Lipinski definition) is 0. The van der Waals surface area contributed by atoms with Crippen LogP contribution in [0.1, 0.15) is 65.2 Å². The van der Waals surface area contributed by atoms with Crippen LogP contribution < -0.4 is 0 Å². The molecule has 0 spiro atoms. The standard InChI is InChI=1S/2C10H13.C2H7Si.Zr/c2*1-8-6-9-4-2-3-5-10(9)7-8;1-3-2;/h2*6-7H,2-5H2,1H3;3H,1-2H3;. The Morgan fingerprint density at radius 3 is 1.58 bits per heavy atom. The molecule has 0 radical (unpaired) electrons. The van der Waals surface area contributed by atoms with Crippen molar-refractivity contribution in [3.05, 3.63) is 45.6 Å². The first-order chi connectivity index (χ1) is 11.6. The van der Waals surface area contributed by atoms with Gasteiger partial charge in [-0.15, -0.1) is 0 Å². The third-order valence-corrected chi connectivity index (χ3v) is 29.2. The van der Waals surface area contributed by atoms with Crippen molar-refractivity contribution in [2.24, 2.45) is 0 Å². The summed E-state index contributed by atoms with van der Waals surface area (Å²) in [5, 5.41) is 0. The number of hydrogen-bond donors (Lipinski definition) is 0. The SMILES string of the molecule is CC1=CC2=C(CCCC2)[CH]1[Zr]([CH]1C(C)=CC2=C1CCCC2)[SiH](C)C. The van der Waals surface area contributed by atoms with Crippen LogP contribution >= 0.6 is 0 Å². The van der Waals surface area contributed by atoms with Crippen LogP contribution in [-0.4, -0.2) is 5.92 Å². The molecule has 0 fully saturated rings.